The molecule has 26 heteroatoms. The summed E-state index contributed by atoms with van der Waals surface area (Å²) >= 11 is 0. The first-order valence-electron chi connectivity index (χ1n) is 23.6. The summed E-state index contributed by atoms with van der Waals surface area (Å²) in [5, 5.41) is 113. The number of carboxylic acid groups (broad SMARTS) is 1. The molecule has 2 aromatic rings. The minimum atomic E-state index is -1.83. The lowest BCUT2D eigenvalue weighted by Crippen LogP contribution is -2.68. The Kier molecular flexibility index (Phi) is 19.7. The third kappa shape index (κ3) is 13.4. The number of nitrogens with zero attached hydrogens (tertiary/aromatic N) is 3. The molecule has 4 aliphatic rings. The normalized spacial score (nSPS) is 36.9. The molecule has 3 amide bonds. The van der Waals surface area contributed by atoms with Crippen LogP contribution in [0.5, 0.6) is 0 Å². The van der Waals surface area contributed by atoms with Gasteiger partial charge < -0.3 is 95.1 Å². The molecular formula is C45H68N6O20. The summed E-state index contributed by atoms with van der Waals surface area (Å²) in [6.45, 7) is 5.44. The molecule has 20 atom stereocenters. The zero-order valence-corrected chi connectivity index (χ0v) is 39.9. The highest BCUT2D eigenvalue weighted by Crippen LogP contribution is 2.37. The van der Waals surface area contributed by atoms with Crippen molar-refractivity contribution >= 4 is 23.7 Å². The average Bonchev–Trinajstić information content (AvgIpc) is 3.81. The maximum Gasteiger partial charge on any atom is 0.332 e. The molecule has 3 saturated heterocycles. The Morgan fingerprint density at radius 2 is 1.52 bits per heavy atom. The van der Waals surface area contributed by atoms with Crippen molar-refractivity contribution in [1.82, 2.24) is 30.9 Å². The summed E-state index contributed by atoms with van der Waals surface area (Å²) in [5.41, 5.74) is 2.18. The number of carbonyl (C=O) groups is 4. The lowest BCUT2D eigenvalue weighted by Gasteiger charge is -2.49. The maximum atomic E-state index is 14.1. The molecule has 0 radical (unpaired) electrons. The van der Waals surface area contributed by atoms with Crippen LogP contribution in [0.25, 0.3) is 11.3 Å². The van der Waals surface area contributed by atoms with E-state index in [9.17, 15) is 65.1 Å². The van der Waals surface area contributed by atoms with Gasteiger partial charge >= 0.3 is 5.97 Å². The smallest absolute Gasteiger partial charge is 0.332 e. The predicted octanol–water partition coefficient (Wildman–Crippen LogP) is -3.90. The summed E-state index contributed by atoms with van der Waals surface area (Å²) in [7, 11) is 0. The van der Waals surface area contributed by atoms with Crippen LogP contribution >= 0.6 is 0 Å². The number of carboxylic acids is 1. The first-order valence-corrected chi connectivity index (χ1v) is 23.6. The van der Waals surface area contributed by atoms with Crippen LogP contribution < -0.4 is 16.0 Å². The van der Waals surface area contributed by atoms with Crippen molar-refractivity contribution in [3.05, 3.63) is 36.0 Å². The van der Waals surface area contributed by atoms with Gasteiger partial charge in [0.25, 0.3) is 0 Å². The van der Waals surface area contributed by atoms with Crippen LogP contribution in [-0.2, 0) is 52.3 Å². The lowest BCUT2D eigenvalue weighted by molar-refractivity contribution is -0.335. The number of benzene rings is 1. The van der Waals surface area contributed by atoms with Crippen LogP contribution in [0, 0.1) is 12.8 Å². The molecule has 6 rings (SSSR count). The maximum absolute atomic E-state index is 14.1. The summed E-state index contributed by atoms with van der Waals surface area (Å²) < 4.78 is 43.3. The molecule has 398 valence electrons. The number of hydrogen-bond donors (Lipinski definition) is 12. The molecule has 1 aliphatic carbocycles. The molecule has 71 heavy (non-hydrogen) atoms. The largest absolute Gasteiger partial charge is 0.479 e. The molecule has 3 aliphatic heterocycles. The summed E-state index contributed by atoms with van der Waals surface area (Å²) in [4.78, 5) is 51.8. The fourth-order valence-corrected chi connectivity index (χ4v) is 9.40. The van der Waals surface area contributed by atoms with Crippen LogP contribution in [0.3, 0.4) is 0 Å². The molecule has 9 unspecified atom stereocenters. The summed E-state index contributed by atoms with van der Waals surface area (Å²) in [5.74, 6) is -4.27. The molecule has 1 saturated carbocycles. The highest BCUT2D eigenvalue weighted by Gasteiger charge is 2.53. The quantitative estimate of drug-likeness (QED) is 0.0564. The van der Waals surface area contributed by atoms with Gasteiger partial charge in [-0.25, -0.2) is 9.48 Å². The predicted molar refractivity (Wildman–Crippen MR) is 239 cm³/mol. The zero-order chi connectivity index (χ0) is 51.8. The zero-order valence-electron chi connectivity index (χ0n) is 39.9. The highest BCUT2D eigenvalue weighted by atomic mass is 16.7. The van der Waals surface area contributed by atoms with E-state index in [1.165, 1.54) is 24.7 Å². The van der Waals surface area contributed by atoms with Gasteiger partial charge in [0, 0.05) is 31.9 Å². The van der Waals surface area contributed by atoms with Crippen molar-refractivity contribution < 1.29 is 98.3 Å². The number of aromatic nitrogens is 3. The molecule has 4 heterocycles. The number of amides is 3. The van der Waals surface area contributed by atoms with Crippen molar-refractivity contribution in [3.8, 4) is 11.3 Å². The van der Waals surface area contributed by atoms with Crippen molar-refractivity contribution in [2.45, 2.75) is 177 Å². The molecule has 0 spiro atoms. The SMILES string of the molecule is CCC[C@H](OC1C(NC(C)=O)[C@H](O[C@@H]2CC(C(=O)NCCO[C@H]3OC(CO)[C@@H](O)C(n4cc(-c5cccc(C)c5)nn4)C3O)CC(NC(C)=O)[C@H]2O[C@@H]2OC(C)[C@@H](O)[C@H](O)C2O)O[C@@H](CO)[C@@H]1O)C(=O)O. The first kappa shape index (κ1) is 55.9. The van der Waals surface area contributed by atoms with E-state index in [1.54, 1.807) is 6.92 Å². The van der Waals surface area contributed by atoms with E-state index < -0.39 is 159 Å². The second kappa shape index (κ2) is 25.0. The summed E-state index contributed by atoms with van der Waals surface area (Å²) in [6.07, 6.45) is -22.5. The number of hydrogen-bond acceptors (Lipinski definition) is 21. The van der Waals surface area contributed by atoms with Gasteiger partial charge in [-0.1, -0.05) is 42.3 Å². The van der Waals surface area contributed by atoms with Crippen LogP contribution in [0.15, 0.2) is 30.5 Å². The number of aryl methyl sites for hydroxylation is 1. The third-order valence-electron chi connectivity index (χ3n) is 13.0. The average molecular weight is 1010 g/mol. The van der Waals surface area contributed by atoms with Crippen molar-refractivity contribution in [1.29, 1.82) is 0 Å². The van der Waals surface area contributed by atoms with Crippen LogP contribution in [0.1, 0.15) is 65.0 Å². The fraction of sp³-hybridized carbons (Fsp3) is 0.733. The Labute approximate surface area is 408 Å². The molecule has 0 bridgehead atoms. The van der Waals surface area contributed by atoms with Crippen molar-refractivity contribution in [2.24, 2.45) is 5.92 Å². The van der Waals surface area contributed by atoms with E-state index >= 15 is 0 Å². The Morgan fingerprint density at radius 1 is 0.831 bits per heavy atom. The Balaban J connectivity index is 1.22. The van der Waals surface area contributed by atoms with Crippen LogP contribution in [0.4, 0.5) is 0 Å². The van der Waals surface area contributed by atoms with Crippen LogP contribution in [0.2, 0.25) is 0 Å². The van der Waals surface area contributed by atoms with Crippen LogP contribution in [-0.4, -0.2) is 221 Å². The van der Waals surface area contributed by atoms with E-state index in [0.717, 1.165) is 18.1 Å². The molecule has 1 aromatic heterocycles. The number of nitrogens with one attached hydrogen (secondary N) is 3. The van der Waals surface area contributed by atoms with E-state index in [2.05, 4.69) is 26.3 Å². The molecule has 1 aromatic carbocycles. The topological polar surface area (TPSA) is 382 Å². The van der Waals surface area contributed by atoms with E-state index in [0.29, 0.717) is 12.1 Å². The number of aliphatic hydroxyl groups excluding tert-OH is 8. The first-order chi connectivity index (χ1) is 33.8. The van der Waals surface area contributed by atoms with Crippen molar-refractivity contribution in [3.63, 3.8) is 0 Å². The summed E-state index contributed by atoms with van der Waals surface area (Å²) in [6, 6.07) is 3.70. The Morgan fingerprint density at radius 3 is 2.17 bits per heavy atom. The van der Waals surface area contributed by atoms with E-state index in [-0.39, 0.29) is 32.4 Å². The Bertz CT molecular complexity index is 2090. The highest BCUT2D eigenvalue weighted by molar-refractivity contribution is 5.79. The molecule has 12 N–H and O–H groups in total. The van der Waals surface area contributed by atoms with Gasteiger partial charge in [-0.05, 0) is 39.2 Å². The second-order valence-corrected chi connectivity index (χ2v) is 18.4. The van der Waals surface area contributed by atoms with Gasteiger partial charge in [0.05, 0.1) is 44.3 Å². The van der Waals surface area contributed by atoms with Gasteiger partial charge in [0.2, 0.25) is 17.7 Å². The van der Waals surface area contributed by atoms with Gasteiger partial charge in [-0.15, -0.1) is 5.10 Å². The monoisotopic (exact) mass is 1010 g/mol. The van der Waals surface area contributed by atoms with Gasteiger partial charge in [0.1, 0.15) is 78.8 Å². The number of aliphatic carboxylic acids is 1. The molecular weight excluding hydrogens is 945 g/mol. The minimum Gasteiger partial charge on any atom is -0.479 e. The van der Waals surface area contributed by atoms with Crippen molar-refractivity contribution in [2.75, 3.05) is 26.4 Å². The second-order valence-electron chi connectivity index (χ2n) is 18.4. The number of carbonyl (C=O) groups excluding carboxylic acids is 3. The van der Waals surface area contributed by atoms with Gasteiger partial charge in [-0.3, -0.25) is 14.4 Å². The molecule has 26 nitrogen and oxygen atoms in total. The number of aliphatic hydroxyl groups is 8. The lowest BCUT2D eigenvalue weighted by atomic mass is 9.80. The van der Waals surface area contributed by atoms with E-state index in [1.807, 2.05) is 31.2 Å². The standard InChI is InChI=1S/C45H68N6O20/c1-6-8-27(42(63)64)67-40-31(48-22(5)55)43(69-30(18-53)35(40)58)68-28-15-24(14-25(47-21(4)54)39(28)71-45-38(61)37(60)33(56)20(3)66-45)41(62)46-11-12-65-44-36(59)32(34(57)29(17-52)70-44)51-16-26(49-50-51)23-10-7-9-19(2)13-23/h7,9-10,13,16,20,24-25,27-40,43-45,52-53,56-61H,6,8,11-12,14-15,17-18H2,1-5H3,(H,46,62)(H,47,54)(H,48,55)(H,63,64)/t20?,24?,25?,27-,28+,29?,30-,31?,32?,33+,34+,35-,36?,37-,38?,39+,40?,43+,44-,45-/m0/s1. The van der Waals surface area contributed by atoms with Gasteiger partial charge in [0.15, 0.2) is 25.0 Å². The Hall–Kier alpha value is -4.36. The number of rotatable bonds is 20. The van der Waals surface area contributed by atoms with E-state index in [4.69, 9.17) is 33.2 Å². The third-order valence-corrected chi connectivity index (χ3v) is 13.0. The molecule has 4 fully saturated rings. The minimum absolute atomic E-state index is 0.00275. The fourth-order valence-electron chi connectivity index (χ4n) is 9.40. The number of ether oxygens (including phenoxy) is 7. The van der Waals surface area contributed by atoms with Gasteiger partial charge in [-0.2, -0.15) is 0 Å².